The summed E-state index contributed by atoms with van der Waals surface area (Å²) in [5.41, 5.74) is 0.168. The first kappa shape index (κ1) is 54.3. The minimum atomic E-state index is -1.80. The molecule has 0 bridgehead atoms. The van der Waals surface area contributed by atoms with Crippen molar-refractivity contribution in [1.82, 2.24) is 0 Å². The molecule has 4 saturated heterocycles. The predicted octanol–water partition coefficient (Wildman–Crippen LogP) is 1.86. The molecule has 0 amide bonds. The zero-order valence-corrected chi connectivity index (χ0v) is 42.9. The van der Waals surface area contributed by atoms with Crippen LogP contribution in [0, 0.1) is 50.2 Å². The molecular formula is C52H84O19. The molecule has 8 fully saturated rings. The minimum absolute atomic E-state index is 0.0309. The number of ether oxygens (including phenoxy) is 8. The van der Waals surface area contributed by atoms with E-state index in [1.165, 1.54) is 12.5 Å². The van der Waals surface area contributed by atoms with E-state index in [1.54, 1.807) is 6.92 Å². The minimum Gasteiger partial charge on any atom is -0.481 e. The lowest BCUT2D eigenvalue weighted by Crippen LogP contribution is -2.66. The molecule has 0 aromatic carbocycles. The van der Waals surface area contributed by atoms with E-state index in [2.05, 4.69) is 54.5 Å². The second-order valence-corrected chi connectivity index (χ2v) is 25.4. The van der Waals surface area contributed by atoms with E-state index in [0.717, 1.165) is 51.4 Å². The summed E-state index contributed by atoms with van der Waals surface area (Å²) in [7, 11) is 0. The van der Waals surface area contributed by atoms with E-state index in [0.29, 0.717) is 18.8 Å². The van der Waals surface area contributed by atoms with Crippen LogP contribution in [0.2, 0.25) is 0 Å². The smallest absolute Gasteiger partial charge is 0.310 e. The van der Waals surface area contributed by atoms with Gasteiger partial charge in [0.05, 0.1) is 36.9 Å². The van der Waals surface area contributed by atoms with Crippen molar-refractivity contribution in [3.8, 4) is 0 Å². The maximum absolute atomic E-state index is 13.2. The highest BCUT2D eigenvalue weighted by Gasteiger charge is 2.70. The maximum Gasteiger partial charge on any atom is 0.310 e. The van der Waals surface area contributed by atoms with Gasteiger partial charge in [-0.15, -0.1) is 0 Å². The molecule has 19 heteroatoms. The van der Waals surface area contributed by atoms with Gasteiger partial charge in [0.2, 0.25) is 0 Å². The van der Waals surface area contributed by atoms with Crippen LogP contribution in [-0.4, -0.2) is 187 Å². The SMILES string of the molecule is CC1OC(OC2C(O)COC(OC3C(O)C(C)OC(OC4CCC5(C)C(CCC6(C)C5CC=C5C7CC(C)(C)CCC7(C(=O)O)CCC56C)C4(C)C)C3O)C2O)C(OC2OCC(O)C(O)C2O)C(O)C1O. The van der Waals surface area contributed by atoms with Crippen LogP contribution >= 0.6 is 0 Å². The zero-order chi connectivity index (χ0) is 51.7. The summed E-state index contributed by atoms with van der Waals surface area (Å²) < 4.78 is 47.9. The highest BCUT2D eigenvalue weighted by Crippen LogP contribution is 2.76. The Labute approximate surface area is 417 Å². The quantitative estimate of drug-likeness (QED) is 0.117. The molecule has 4 aliphatic heterocycles. The van der Waals surface area contributed by atoms with Gasteiger partial charge >= 0.3 is 5.97 Å². The lowest BCUT2D eigenvalue weighted by atomic mass is 9.33. The van der Waals surface area contributed by atoms with E-state index in [1.807, 2.05) is 0 Å². The molecule has 406 valence electrons. The largest absolute Gasteiger partial charge is 0.481 e. The number of hydrogen-bond donors (Lipinski definition) is 10. The molecule has 0 spiro atoms. The normalized spacial score (nSPS) is 54.9. The highest BCUT2D eigenvalue weighted by atomic mass is 16.8. The Morgan fingerprint density at radius 1 is 0.577 bits per heavy atom. The third kappa shape index (κ3) is 8.81. The molecule has 0 aromatic rings. The van der Waals surface area contributed by atoms with Crippen LogP contribution in [0.3, 0.4) is 0 Å². The topological polar surface area (TPSA) is 293 Å². The van der Waals surface area contributed by atoms with Gasteiger partial charge in [-0.3, -0.25) is 4.79 Å². The summed E-state index contributed by atoms with van der Waals surface area (Å²) in [6.45, 7) is 18.7. The number of carboxylic acid groups (broad SMARTS) is 1. The first-order valence-electron chi connectivity index (χ1n) is 26.3. The van der Waals surface area contributed by atoms with E-state index >= 15 is 0 Å². The van der Waals surface area contributed by atoms with Crippen molar-refractivity contribution in [2.75, 3.05) is 13.2 Å². The molecule has 5 aliphatic carbocycles. The van der Waals surface area contributed by atoms with Gasteiger partial charge in [0.15, 0.2) is 25.2 Å². The zero-order valence-electron chi connectivity index (χ0n) is 42.9. The van der Waals surface area contributed by atoms with Gasteiger partial charge in [0, 0.05) is 0 Å². The van der Waals surface area contributed by atoms with Crippen molar-refractivity contribution in [2.45, 2.75) is 243 Å². The molecule has 26 unspecified atom stereocenters. The lowest BCUT2D eigenvalue weighted by Gasteiger charge is -2.71. The molecule has 9 rings (SSSR count). The highest BCUT2D eigenvalue weighted by molar-refractivity contribution is 5.76. The predicted molar refractivity (Wildman–Crippen MR) is 248 cm³/mol. The number of aliphatic carboxylic acids is 1. The first-order chi connectivity index (χ1) is 33.1. The average Bonchev–Trinajstić information content (AvgIpc) is 3.30. The van der Waals surface area contributed by atoms with Crippen LogP contribution in [0.25, 0.3) is 0 Å². The van der Waals surface area contributed by atoms with Crippen LogP contribution in [0.5, 0.6) is 0 Å². The second-order valence-electron chi connectivity index (χ2n) is 25.4. The van der Waals surface area contributed by atoms with Crippen LogP contribution in [0.15, 0.2) is 11.6 Å². The van der Waals surface area contributed by atoms with Crippen molar-refractivity contribution in [1.29, 1.82) is 0 Å². The Morgan fingerprint density at radius 2 is 1.17 bits per heavy atom. The van der Waals surface area contributed by atoms with E-state index in [9.17, 15) is 55.9 Å². The fourth-order valence-electron chi connectivity index (χ4n) is 16.0. The summed E-state index contributed by atoms with van der Waals surface area (Å²) in [6, 6.07) is 0. The molecule has 10 N–H and O–H groups in total. The van der Waals surface area contributed by atoms with Gasteiger partial charge in [0.1, 0.15) is 73.2 Å². The van der Waals surface area contributed by atoms with Gasteiger partial charge in [-0.1, -0.05) is 60.1 Å². The molecule has 4 saturated carbocycles. The summed E-state index contributed by atoms with van der Waals surface area (Å²) in [5.74, 6) is 0.00203. The fourth-order valence-corrected chi connectivity index (χ4v) is 16.0. The molecule has 9 aliphatic rings. The number of carboxylic acids is 1. The molecule has 26 atom stereocenters. The summed E-state index contributed by atoms with van der Waals surface area (Å²) in [6.07, 6.45) is -16.2. The first-order valence-corrected chi connectivity index (χ1v) is 26.3. The third-order valence-electron chi connectivity index (χ3n) is 20.6. The maximum atomic E-state index is 13.2. The van der Waals surface area contributed by atoms with E-state index in [-0.39, 0.29) is 45.0 Å². The number of aliphatic hydroxyl groups is 9. The standard InChI is InChI=1S/C52H84O19/c1-23-32(55)35(58)41(71-42-36(59)34(57)27(53)21-64-42)45(67-23)69-39-28(54)22-65-43(37(39)60)70-40-33(56)24(2)66-44(38(40)61)68-31-13-14-49(7)29(48(31,5)6)12-15-51(9)30(49)11-10-25-26-20-47(3,4)16-18-52(26,46(62)63)19-17-50(25,51)8/h10,23-24,26-45,53-61H,11-22H2,1-9H3,(H,62,63). The van der Waals surface area contributed by atoms with Crippen LogP contribution in [0.1, 0.15) is 127 Å². The van der Waals surface area contributed by atoms with Crippen molar-refractivity contribution < 1.29 is 93.8 Å². The number of aliphatic hydroxyl groups excluding tert-OH is 9. The Kier molecular flexibility index (Phi) is 14.7. The van der Waals surface area contributed by atoms with Crippen LogP contribution < -0.4 is 0 Å². The lowest BCUT2D eigenvalue weighted by molar-refractivity contribution is -0.385. The molecule has 0 radical (unpaired) electrons. The van der Waals surface area contributed by atoms with Gasteiger partial charge < -0.3 is 89.0 Å². The number of allylic oxidation sites excluding steroid dienone is 2. The number of hydrogen-bond acceptors (Lipinski definition) is 18. The van der Waals surface area contributed by atoms with E-state index in [4.69, 9.17) is 37.9 Å². The molecule has 4 heterocycles. The van der Waals surface area contributed by atoms with Gasteiger partial charge in [-0.25, -0.2) is 0 Å². The van der Waals surface area contributed by atoms with Gasteiger partial charge in [-0.05, 0) is 123 Å². The Balaban J connectivity index is 0.883. The van der Waals surface area contributed by atoms with Crippen molar-refractivity contribution in [2.24, 2.45) is 50.2 Å². The van der Waals surface area contributed by atoms with Gasteiger partial charge in [0.25, 0.3) is 0 Å². The van der Waals surface area contributed by atoms with Crippen LogP contribution in [0.4, 0.5) is 0 Å². The molecule has 0 aromatic heterocycles. The molecule has 19 nitrogen and oxygen atoms in total. The second kappa shape index (κ2) is 19.2. The Hall–Kier alpha value is -1.47. The van der Waals surface area contributed by atoms with Gasteiger partial charge in [-0.2, -0.15) is 0 Å². The Bertz CT molecular complexity index is 1970. The average molecular weight is 1010 g/mol. The summed E-state index contributed by atoms with van der Waals surface area (Å²) >= 11 is 0. The Morgan fingerprint density at radius 3 is 1.86 bits per heavy atom. The number of carbonyl (C=O) groups is 1. The fraction of sp³-hybridized carbons (Fsp3) is 0.942. The third-order valence-corrected chi connectivity index (χ3v) is 20.6. The van der Waals surface area contributed by atoms with Crippen molar-refractivity contribution >= 4 is 5.97 Å². The number of fused-ring (bicyclic) bond motifs is 7. The van der Waals surface area contributed by atoms with Crippen LogP contribution in [-0.2, 0) is 42.7 Å². The molecule has 71 heavy (non-hydrogen) atoms. The van der Waals surface area contributed by atoms with Crippen molar-refractivity contribution in [3.63, 3.8) is 0 Å². The summed E-state index contributed by atoms with van der Waals surface area (Å²) in [5, 5.41) is 109. The summed E-state index contributed by atoms with van der Waals surface area (Å²) in [4.78, 5) is 13.2. The monoisotopic (exact) mass is 1010 g/mol. The number of rotatable bonds is 9. The van der Waals surface area contributed by atoms with Crippen molar-refractivity contribution in [3.05, 3.63) is 11.6 Å². The van der Waals surface area contributed by atoms with E-state index < -0.39 is 135 Å². The molecular weight excluding hydrogens is 929 g/mol.